The second-order valence-corrected chi connectivity index (χ2v) is 10.1. The van der Waals surface area contributed by atoms with Gasteiger partial charge < -0.3 is 5.32 Å². The van der Waals surface area contributed by atoms with Crippen LogP contribution in [0.25, 0.3) is 0 Å². The SMILES string of the molecule is C[C@@H]1CC[C@@H](C(C)(C)c2ccccc2)[C@H](NC(=O)[C@@H]2[C@@H](c3ccncc3)C2(C#N)C#N)C1. The van der Waals surface area contributed by atoms with Crippen molar-refractivity contribution in [2.75, 3.05) is 0 Å². The normalized spacial score (nSPS) is 28.7. The number of amides is 1. The molecule has 2 aliphatic carbocycles. The highest BCUT2D eigenvalue weighted by Crippen LogP contribution is 2.64. The predicted molar refractivity (Wildman–Crippen MR) is 122 cm³/mol. The zero-order valence-corrected chi connectivity index (χ0v) is 19.0. The minimum absolute atomic E-state index is 0.00947. The van der Waals surface area contributed by atoms with Crippen LogP contribution in [-0.2, 0) is 10.2 Å². The van der Waals surface area contributed by atoms with Crippen LogP contribution in [0.2, 0.25) is 0 Å². The summed E-state index contributed by atoms with van der Waals surface area (Å²) in [6, 6.07) is 18.4. The minimum Gasteiger partial charge on any atom is -0.353 e. The number of benzene rings is 1. The van der Waals surface area contributed by atoms with E-state index in [2.05, 4.69) is 67.5 Å². The van der Waals surface area contributed by atoms with Crippen molar-refractivity contribution in [2.24, 2.45) is 23.2 Å². The van der Waals surface area contributed by atoms with E-state index in [1.807, 2.05) is 6.07 Å². The molecule has 1 N–H and O–H groups in total. The number of carbonyl (C=O) groups excluding carboxylic acids is 1. The molecule has 1 heterocycles. The summed E-state index contributed by atoms with van der Waals surface area (Å²) in [7, 11) is 0. The number of hydrogen-bond acceptors (Lipinski definition) is 4. The quantitative estimate of drug-likeness (QED) is 0.748. The standard InChI is InChI=1S/C27H30N4O/c1-18-9-10-21(26(2,3)20-7-5-4-6-8-20)22(15-18)31-25(32)24-23(27(24,16-28)17-29)19-11-13-30-14-12-19/h4-8,11-14,18,21-24H,9-10,15H2,1-3H3,(H,31,32)/t18-,21-,22-,23-,24+/m1/s1. The van der Waals surface area contributed by atoms with Crippen molar-refractivity contribution in [2.45, 2.75) is 57.4 Å². The predicted octanol–water partition coefficient (Wildman–Crippen LogP) is 4.73. The van der Waals surface area contributed by atoms with Crippen molar-refractivity contribution in [3.63, 3.8) is 0 Å². The van der Waals surface area contributed by atoms with Crippen molar-refractivity contribution in [1.29, 1.82) is 10.5 Å². The molecule has 5 atom stereocenters. The highest BCUT2D eigenvalue weighted by Gasteiger charge is 2.71. The summed E-state index contributed by atoms with van der Waals surface area (Å²) in [5.74, 6) is -0.445. The summed E-state index contributed by atoms with van der Waals surface area (Å²) in [6.45, 7) is 6.75. The highest BCUT2D eigenvalue weighted by molar-refractivity contribution is 5.87. The summed E-state index contributed by atoms with van der Waals surface area (Å²) in [5, 5.41) is 22.9. The Kier molecular flexibility index (Phi) is 5.78. The first-order valence-corrected chi connectivity index (χ1v) is 11.4. The molecular formula is C27H30N4O. The lowest BCUT2D eigenvalue weighted by Crippen LogP contribution is -2.51. The van der Waals surface area contributed by atoms with Gasteiger partial charge in [-0.15, -0.1) is 0 Å². The number of carbonyl (C=O) groups is 1. The zero-order valence-electron chi connectivity index (χ0n) is 19.0. The van der Waals surface area contributed by atoms with Gasteiger partial charge in [0.2, 0.25) is 5.91 Å². The average Bonchev–Trinajstić information content (AvgIpc) is 3.50. The monoisotopic (exact) mass is 426 g/mol. The van der Waals surface area contributed by atoms with E-state index in [-0.39, 0.29) is 23.3 Å². The van der Waals surface area contributed by atoms with Crippen LogP contribution in [-0.4, -0.2) is 16.9 Å². The van der Waals surface area contributed by atoms with E-state index < -0.39 is 17.3 Å². The maximum absolute atomic E-state index is 13.5. The first-order chi connectivity index (χ1) is 15.3. The Morgan fingerprint density at radius 2 is 1.75 bits per heavy atom. The summed E-state index contributed by atoms with van der Waals surface area (Å²) in [5.41, 5.74) is 0.676. The molecule has 0 unspecified atom stereocenters. The maximum Gasteiger partial charge on any atom is 0.226 e. The number of hydrogen-bond donors (Lipinski definition) is 1. The third-order valence-electron chi connectivity index (χ3n) is 7.81. The van der Waals surface area contributed by atoms with Gasteiger partial charge in [0.1, 0.15) is 0 Å². The summed E-state index contributed by atoms with van der Waals surface area (Å²) in [4.78, 5) is 17.5. The number of pyridine rings is 1. The van der Waals surface area contributed by atoms with Gasteiger partial charge in [-0.25, -0.2) is 0 Å². The van der Waals surface area contributed by atoms with E-state index in [0.29, 0.717) is 5.92 Å². The van der Waals surface area contributed by atoms with Gasteiger partial charge in [0.05, 0.1) is 18.1 Å². The van der Waals surface area contributed by atoms with Crippen molar-refractivity contribution in [3.8, 4) is 12.1 Å². The fraction of sp³-hybridized carbons (Fsp3) is 0.481. The first-order valence-electron chi connectivity index (χ1n) is 11.4. The maximum atomic E-state index is 13.5. The van der Waals surface area contributed by atoms with Crippen LogP contribution in [0.15, 0.2) is 54.9 Å². The highest BCUT2D eigenvalue weighted by atomic mass is 16.2. The van der Waals surface area contributed by atoms with Gasteiger partial charge >= 0.3 is 0 Å². The molecule has 0 radical (unpaired) electrons. The molecule has 2 aliphatic rings. The molecule has 2 saturated carbocycles. The van der Waals surface area contributed by atoms with Gasteiger partial charge in [-0.3, -0.25) is 9.78 Å². The molecule has 164 valence electrons. The minimum atomic E-state index is -1.31. The Bertz CT molecular complexity index is 1040. The molecule has 1 aromatic heterocycles. The van der Waals surface area contributed by atoms with E-state index in [1.165, 1.54) is 5.56 Å². The Labute approximate surface area is 190 Å². The summed E-state index contributed by atoms with van der Waals surface area (Å²) < 4.78 is 0. The van der Waals surface area contributed by atoms with Gasteiger partial charge in [0, 0.05) is 24.4 Å². The molecule has 2 fully saturated rings. The molecule has 1 amide bonds. The molecule has 0 aliphatic heterocycles. The van der Waals surface area contributed by atoms with Crippen molar-refractivity contribution in [1.82, 2.24) is 10.3 Å². The van der Waals surface area contributed by atoms with E-state index >= 15 is 0 Å². The third-order valence-corrected chi connectivity index (χ3v) is 7.81. The van der Waals surface area contributed by atoms with E-state index in [1.54, 1.807) is 24.5 Å². The molecule has 0 bridgehead atoms. The lowest BCUT2D eigenvalue weighted by molar-refractivity contribution is -0.124. The molecule has 0 saturated heterocycles. The molecule has 5 nitrogen and oxygen atoms in total. The first kappa shape index (κ1) is 22.0. The van der Waals surface area contributed by atoms with E-state index in [4.69, 9.17) is 0 Å². The van der Waals surface area contributed by atoms with Crippen LogP contribution >= 0.6 is 0 Å². The zero-order chi connectivity index (χ0) is 22.9. The second kappa shape index (κ2) is 8.40. The fourth-order valence-corrected chi connectivity index (χ4v) is 5.83. The summed E-state index contributed by atoms with van der Waals surface area (Å²) in [6.07, 6.45) is 6.36. The lowest BCUT2D eigenvalue weighted by Gasteiger charge is -2.45. The average molecular weight is 427 g/mol. The molecule has 2 aromatic rings. The van der Waals surface area contributed by atoms with Crippen LogP contribution in [0.1, 0.15) is 57.1 Å². The van der Waals surface area contributed by atoms with Gasteiger partial charge in [-0.2, -0.15) is 10.5 Å². The number of nitrogens with zero attached hydrogens (tertiary/aromatic N) is 3. The Hall–Kier alpha value is -3.18. The molecule has 0 spiro atoms. The Morgan fingerprint density at radius 3 is 2.38 bits per heavy atom. The van der Waals surface area contributed by atoms with Crippen LogP contribution in [0.5, 0.6) is 0 Å². The van der Waals surface area contributed by atoms with Crippen LogP contribution < -0.4 is 5.32 Å². The number of nitriles is 2. The molecular weight excluding hydrogens is 396 g/mol. The Balaban J connectivity index is 1.59. The van der Waals surface area contributed by atoms with Crippen molar-refractivity contribution >= 4 is 5.91 Å². The lowest BCUT2D eigenvalue weighted by atomic mass is 9.63. The van der Waals surface area contributed by atoms with Gasteiger partial charge in [-0.1, -0.05) is 57.5 Å². The van der Waals surface area contributed by atoms with Crippen LogP contribution in [0.4, 0.5) is 0 Å². The third kappa shape index (κ3) is 3.67. The number of aromatic nitrogens is 1. The smallest absolute Gasteiger partial charge is 0.226 e. The number of rotatable bonds is 5. The second-order valence-electron chi connectivity index (χ2n) is 10.1. The van der Waals surface area contributed by atoms with Gasteiger partial charge in [-0.05, 0) is 53.4 Å². The van der Waals surface area contributed by atoms with Crippen LogP contribution in [0, 0.1) is 45.8 Å². The molecule has 5 heteroatoms. The van der Waals surface area contributed by atoms with Crippen molar-refractivity contribution < 1.29 is 4.79 Å². The summed E-state index contributed by atoms with van der Waals surface area (Å²) >= 11 is 0. The molecule has 32 heavy (non-hydrogen) atoms. The molecule has 1 aromatic carbocycles. The Morgan fingerprint density at radius 1 is 1.09 bits per heavy atom. The van der Waals surface area contributed by atoms with Gasteiger partial charge in [0.25, 0.3) is 0 Å². The fourth-order valence-electron chi connectivity index (χ4n) is 5.83. The number of nitrogens with one attached hydrogen (secondary N) is 1. The van der Waals surface area contributed by atoms with Gasteiger partial charge in [0.15, 0.2) is 5.41 Å². The van der Waals surface area contributed by atoms with Crippen LogP contribution in [0.3, 0.4) is 0 Å². The van der Waals surface area contributed by atoms with E-state index in [9.17, 15) is 15.3 Å². The molecule has 4 rings (SSSR count). The largest absolute Gasteiger partial charge is 0.353 e. The topological polar surface area (TPSA) is 89.6 Å². The van der Waals surface area contributed by atoms with Crippen molar-refractivity contribution in [3.05, 3.63) is 66.0 Å². The van der Waals surface area contributed by atoms with E-state index in [0.717, 1.165) is 24.8 Å².